The average Bonchev–Trinajstić information content (AvgIpc) is 3.19. The summed E-state index contributed by atoms with van der Waals surface area (Å²) in [5.41, 5.74) is 3.28. The smallest absolute Gasteiger partial charge is 0.338 e. The van der Waals surface area contributed by atoms with Gasteiger partial charge < -0.3 is 9.47 Å². The first-order valence-electron chi connectivity index (χ1n) is 12.0. The van der Waals surface area contributed by atoms with E-state index >= 15 is 0 Å². The second-order valence-corrected chi connectivity index (χ2v) is 9.49. The Morgan fingerprint density at radius 1 is 0.718 bits per heavy atom. The molecule has 4 aromatic carbocycles. The van der Waals surface area contributed by atoms with Crippen molar-refractivity contribution in [2.24, 2.45) is 0 Å². The van der Waals surface area contributed by atoms with Crippen LogP contribution in [0.25, 0.3) is 0 Å². The van der Waals surface area contributed by atoms with Crippen LogP contribution in [0.5, 0.6) is 11.5 Å². The van der Waals surface area contributed by atoms with Crippen LogP contribution in [0, 0.1) is 13.8 Å². The van der Waals surface area contributed by atoms with Crippen LogP contribution in [-0.4, -0.2) is 30.2 Å². The van der Waals surface area contributed by atoms with E-state index in [4.69, 9.17) is 21.1 Å². The Hall–Kier alpha value is -4.75. The molecule has 194 valence electrons. The maximum Gasteiger partial charge on any atom is 0.338 e. The van der Waals surface area contributed by atoms with Gasteiger partial charge in [0.25, 0.3) is 11.8 Å². The summed E-state index contributed by atoms with van der Waals surface area (Å²) in [5.74, 6) is -1.02. The molecule has 5 rings (SSSR count). The third kappa shape index (κ3) is 5.30. The number of hydrogen-bond acceptors (Lipinski definition) is 6. The van der Waals surface area contributed by atoms with Crippen molar-refractivity contribution in [1.82, 2.24) is 0 Å². The summed E-state index contributed by atoms with van der Waals surface area (Å²) in [7, 11) is 0. The number of rotatable bonds is 7. The molecule has 8 heteroatoms. The van der Waals surface area contributed by atoms with Gasteiger partial charge in [0.1, 0.15) is 11.5 Å². The molecule has 0 bridgehead atoms. The Morgan fingerprint density at radius 3 is 2.05 bits per heavy atom. The van der Waals surface area contributed by atoms with Gasteiger partial charge in [-0.1, -0.05) is 17.7 Å². The van der Waals surface area contributed by atoms with Crippen molar-refractivity contribution in [3.05, 3.63) is 123 Å². The molecule has 0 saturated carbocycles. The highest BCUT2D eigenvalue weighted by atomic mass is 35.5. The van der Waals surface area contributed by atoms with E-state index in [2.05, 4.69) is 0 Å². The summed E-state index contributed by atoms with van der Waals surface area (Å²) in [6, 6.07) is 22.7. The molecule has 1 aliphatic heterocycles. The SMILES string of the molecule is Cc1ccc(Oc2ccc(N3C(=O)c4ccc(C(=O)OCC(=O)c5ccc(Cl)cc5)cc4C3=O)cc2)cc1C. The highest BCUT2D eigenvalue weighted by Gasteiger charge is 2.37. The number of aryl methyl sites for hydroxylation is 2. The highest BCUT2D eigenvalue weighted by Crippen LogP contribution is 2.32. The van der Waals surface area contributed by atoms with Crippen molar-refractivity contribution in [3.63, 3.8) is 0 Å². The lowest BCUT2D eigenvalue weighted by molar-refractivity contribution is 0.0474. The number of ketones is 1. The molecular weight excluding hydrogens is 518 g/mol. The van der Waals surface area contributed by atoms with Crippen molar-refractivity contribution in [3.8, 4) is 11.5 Å². The predicted molar refractivity (Wildman–Crippen MR) is 146 cm³/mol. The van der Waals surface area contributed by atoms with Crippen LogP contribution in [0.4, 0.5) is 5.69 Å². The van der Waals surface area contributed by atoms with Gasteiger partial charge in [0.2, 0.25) is 0 Å². The van der Waals surface area contributed by atoms with Crippen LogP contribution in [0.1, 0.15) is 52.6 Å². The molecular formula is C31H22ClNO6. The zero-order valence-electron chi connectivity index (χ0n) is 21.1. The third-order valence-corrected chi connectivity index (χ3v) is 6.68. The monoisotopic (exact) mass is 539 g/mol. The summed E-state index contributed by atoms with van der Waals surface area (Å²) in [6.07, 6.45) is 0. The molecule has 0 saturated heterocycles. The van der Waals surface area contributed by atoms with E-state index < -0.39 is 30.2 Å². The van der Waals surface area contributed by atoms with Crippen LogP contribution < -0.4 is 9.64 Å². The summed E-state index contributed by atoms with van der Waals surface area (Å²) in [6.45, 7) is 3.54. The highest BCUT2D eigenvalue weighted by molar-refractivity contribution is 6.34. The van der Waals surface area contributed by atoms with E-state index in [0.717, 1.165) is 16.0 Å². The number of Topliss-reactive ketones (excluding diaryl/α,β-unsaturated/α-hetero) is 1. The second kappa shape index (κ2) is 10.6. The number of benzene rings is 4. The predicted octanol–water partition coefficient (Wildman–Crippen LogP) is 6.59. The molecule has 0 spiro atoms. The Kier molecular flexibility index (Phi) is 7.00. The van der Waals surface area contributed by atoms with Crippen LogP contribution >= 0.6 is 11.6 Å². The van der Waals surface area contributed by atoms with E-state index in [1.54, 1.807) is 36.4 Å². The van der Waals surface area contributed by atoms with Crippen molar-refractivity contribution in [2.45, 2.75) is 13.8 Å². The molecule has 4 aromatic rings. The Labute approximate surface area is 229 Å². The average molecular weight is 540 g/mol. The van der Waals surface area contributed by atoms with Crippen LogP contribution in [0.15, 0.2) is 84.9 Å². The van der Waals surface area contributed by atoms with E-state index in [9.17, 15) is 19.2 Å². The molecule has 0 unspecified atom stereocenters. The lowest BCUT2D eigenvalue weighted by Gasteiger charge is -2.15. The lowest BCUT2D eigenvalue weighted by atomic mass is 10.1. The minimum absolute atomic E-state index is 0.0535. The molecule has 0 atom stereocenters. The standard InChI is InChI=1S/C31H22ClNO6/c1-18-3-11-25(15-19(18)2)39-24-12-9-23(10-13-24)33-29(35)26-14-6-21(16-27(26)30(33)36)31(37)38-17-28(34)20-4-7-22(32)8-5-20/h3-16H,17H2,1-2H3. The number of hydrogen-bond donors (Lipinski definition) is 0. The zero-order chi connectivity index (χ0) is 27.7. The molecule has 0 aromatic heterocycles. The minimum Gasteiger partial charge on any atom is -0.457 e. The zero-order valence-corrected chi connectivity index (χ0v) is 21.8. The number of carbonyl (C=O) groups is 4. The number of fused-ring (bicyclic) bond motifs is 1. The van der Waals surface area contributed by atoms with Crippen molar-refractivity contribution in [1.29, 1.82) is 0 Å². The van der Waals surface area contributed by atoms with Gasteiger partial charge in [0.05, 0.1) is 22.4 Å². The minimum atomic E-state index is -0.786. The summed E-state index contributed by atoms with van der Waals surface area (Å²) < 4.78 is 11.0. The molecule has 0 aliphatic carbocycles. The van der Waals surface area contributed by atoms with E-state index in [1.165, 1.54) is 30.3 Å². The molecule has 7 nitrogen and oxygen atoms in total. The number of esters is 1. The van der Waals surface area contributed by atoms with Crippen LogP contribution in [-0.2, 0) is 4.74 Å². The van der Waals surface area contributed by atoms with Crippen LogP contribution in [0.3, 0.4) is 0 Å². The largest absolute Gasteiger partial charge is 0.457 e. The first kappa shape index (κ1) is 25.9. The number of ether oxygens (including phenoxy) is 2. The summed E-state index contributed by atoms with van der Waals surface area (Å²) >= 11 is 5.83. The number of nitrogens with zero attached hydrogens (tertiary/aromatic N) is 1. The van der Waals surface area contributed by atoms with Gasteiger partial charge in [-0.05, 0) is 104 Å². The Balaban J connectivity index is 1.27. The molecule has 0 fully saturated rings. The molecule has 2 amide bonds. The van der Waals surface area contributed by atoms with E-state index in [-0.39, 0.29) is 16.7 Å². The number of carbonyl (C=O) groups excluding carboxylic acids is 4. The number of amides is 2. The fourth-order valence-electron chi connectivity index (χ4n) is 4.11. The molecule has 1 heterocycles. The summed E-state index contributed by atoms with van der Waals surface area (Å²) in [5, 5.41) is 0.483. The Morgan fingerprint density at radius 2 is 1.36 bits per heavy atom. The van der Waals surface area contributed by atoms with Gasteiger partial charge in [0.15, 0.2) is 12.4 Å². The third-order valence-electron chi connectivity index (χ3n) is 6.43. The van der Waals surface area contributed by atoms with Crippen LogP contribution in [0.2, 0.25) is 5.02 Å². The second-order valence-electron chi connectivity index (χ2n) is 9.05. The van der Waals surface area contributed by atoms with Crippen molar-refractivity contribution >= 4 is 40.9 Å². The number of halogens is 1. The molecule has 0 radical (unpaired) electrons. The molecule has 0 N–H and O–H groups in total. The number of anilines is 1. The normalized spacial score (nSPS) is 12.3. The van der Waals surface area contributed by atoms with Gasteiger partial charge >= 0.3 is 5.97 Å². The quantitative estimate of drug-likeness (QED) is 0.149. The van der Waals surface area contributed by atoms with E-state index in [1.807, 2.05) is 32.0 Å². The fourth-order valence-corrected chi connectivity index (χ4v) is 4.24. The van der Waals surface area contributed by atoms with Crippen molar-refractivity contribution in [2.75, 3.05) is 11.5 Å². The van der Waals surface area contributed by atoms with Gasteiger partial charge in [-0.2, -0.15) is 0 Å². The fraction of sp³-hybridized carbons (Fsp3) is 0.0968. The van der Waals surface area contributed by atoms with Gasteiger partial charge in [-0.25, -0.2) is 9.69 Å². The maximum absolute atomic E-state index is 13.2. The van der Waals surface area contributed by atoms with Gasteiger partial charge in [0, 0.05) is 10.6 Å². The topological polar surface area (TPSA) is 90.0 Å². The maximum atomic E-state index is 13.2. The van der Waals surface area contributed by atoms with Gasteiger partial charge in [-0.3, -0.25) is 14.4 Å². The first-order chi connectivity index (χ1) is 18.7. The van der Waals surface area contributed by atoms with E-state index in [0.29, 0.717) is 27.8 Å². The van der Waals surface area contributed by atoms with Gasteiger partial charge in [-0.15, -0.1) is 0 Å². The molecule has 39 heavy (non-hydrogen) atoms. The summed E-state index contributed by atoms with van der Waals surface area (Å²) in [4.78, 5) is 52.1. The Bertz CT molecular complexity index is 1630. The molecule has 1 aliphatic rings. The lowest BCUT2D eigenvalue weighted by Crippen LogP contribution is -2.29. The number of imide groups is 1. The van der Waals surface area contributed by atoms with Crippen molar-refractivity contribution < 1.29 is 28.7 Å². The first-order valence-corrected chi connectivity index (χ1v) is 12.4.